The van der Waals surface area contributed by atoms with Gasteiger partial charge < -0.3 is 9.15 Å². The number of rotatable bonds is 6. The Kier molecular flexibility index (Phi) is 6.26. The van der Waals surface area contributed by atoms with Gasteiger partial charge in [0.25, 0.3) is 5.52 Å². The third kappa shape index (κ3) is 4.57. The number of hydrogen-bond acceptors (Lipinski definition) is 6. The summed E-state index contributed by atoms with van der Waals surface area (Å²) in [5.41, 5.74) is 3.33. The summed E-state index contributed by atoms with van der Waals surface area (Å²) in [6.07, 6.45) is 3.54. The van der Waals surface area contributed by atoms with E-state index in [0.29, 0.717) is 28.3 Å². The van der Waals surface area contributed by atoms with Crippen LogP contribution in [0.4, 0.5) is 5.69 Å². The molecule has 0 amide bonds. The van der Waals surface area contributed by atoms with Crippen molar-refractivity contribution in [2.45, 2.75) is 40.5 Å². The maximum Gasteiger partial charge on any atom is 0.515 e. The Hall–Kier alpha value is -3.19. The molecule has 12 heteroatoms. The average Bonchev–Trinajstić information content (AvgIpc) is 3.30. The van der Waals surface area contributed by atoms with E-state index in [1.165, 1.54) is 12.2 Å². The van der Waals surface area contributed by atoms with Crippen molar-refractivity contribution in [1.29, 1.82) is 0 Å². The topological polar surface area (TPSA) is 138 Å². The Bertz CT molecular complexity index is 1620. The number of ether oxygens (including phenoxy) is 1. The number of oxazole rings is 1. The molecule has 0 aliphatic carbocycles. The highest BCUT2D eigenvalue weighted by Gasteiger charge is 2.37. The lowest BCUT2D eigenvalue weighted by Crippen LogP contribution is -2.44. The van der Waals surface area contributed by atoms with E-state index in [1.807, 2.05) is 13.8 Å². The number of hydrogen-bond donors (Lipinski definition) is 2. The smallest absolute Gasteiger partial charge is 0.437 e. The van der Waals surface area contributed by atoms with Crippen molar-refractivity contribution in [3.05, 3.63) is 70.4 Å². The van der Waals surface area contributed by atoms with Crippen molar-refractivity contribution in [1.82, 2.24) is 0 Å². The highest BCUT2D eigenvalue weighted by atomic mass is 32.2. The third-order valence-corrected chi connectivity index (χ3v) is 7.35. The maximum atomic E-state index is 12.4. The first-order chi connectivity index (χ1) is 16.3. The zero-order valence-electron chi connectivity index (χ0n) is 19.5. The van der Waals surface area contributed by atoms with Gasteiger partial charge >= 0.3 is 26.5 Å². The summed E-state index contributed by atoms with van der Waals surface area (Å²) in [7, 11) is -9.48. The maximum absolute atomic E-state index is 12.4. The predicted molar refractivity (Wildman–Crippen MR) is 130 cm³/mol. The first-order valence-corrected chi connectivity index (χ1v) is 13.6. The van der Waals surface area contributed by atoms with E-state index >= 15 is 0 Å². The van der Waals surface area contributed by atoms with Crippen LogP contribution >= 0.6 is 0 Å². The molecule has 1 aromatic heterocycles. The zero-order chi connectivity index (χ0) is 25.7. The standard InChI is InChI=1S/C23H24N2O8S2/c1-5-16(12-21-24(34(26,27)28)18-11-14(3)7-9-19(18)32-21)13-22-25(35(29,30)31)23-17(6-2)15(4)8-10-20(23)33-22/h7-13H,5-6H2,1-4H3,(H-,26,27,28,29,30,31)/p+1. The van der Waals surface area contributed by atoms with Crippen LogP contribution in [0.3, 0.4) is 0 Å². The molecule has 0 saturated heterocycles. The molecule has 2 heterocycles. The Morgan fingerprint density at radius 2 is 1.80 bits per heavy atom. The number of benzene rings is 2. The number of anilines is 1. The lowest BCUT2D eigenvalue weighted by molar-refractivity contribution is -0.499. The summed E-state index contributed by atoms with van der Waals surface area (Å²) in [4.78, 5) is 0. The second-order valence-electron chi connectivity index (χ2n) is 8.11. The summed E-state index contributed by atoms with van der Waals surface area (Å²) in [6, 6.07) is 8.28. The molecule has 2 aromatic carbocycles. The van der Waals surface area contributed by atoms with E-state index in [0.717, 1.165) is 15.1 Å². The van der Waals surface area contributed by atoms with Gasteiger partial charge in [0.15, 0.2) is 5.75 Å². The van der Waals surface area contributed by atoms with E-state index < -0.39 is 20.6 Å². The number of nitrogens with zero attached hydrogens (tertiary/aromatic N) is 2. The highest BCUT2D eigenvalue weighted by Crippen LogP contribution is 2.41. The summed E-state index contributed by atoms with van der Waals surface area (Å²) in [5, 5.41) is 0. The van der Waals surface area contributed by atoms with Gasteiger partial charge in [0.05, 0.1) is 6.08 Å². The van der Waals surface area contributed by atoms with Crippen molar-refractivity contribution in [2.75, 3.05) is 4.31 Å². The van der Waals surface area contributed by atoms with Crippen LogP contribution in [0.15, 0.2) is 52.3 Å². The molecule has 0 unspecified atom stereocenters. The summed E-state index contributed by atoms with van der Waals surface area (Å²) >= 11 is 0. The molecule has 0 spiro atoms. The molecule has 2 N–H and O–H groups in total. The van der Waals surface area contributed by atoms with Crippen molar-refractivity contribution in [3.8, 4) is 5.75 Å². The average molecular weight is 522 g/mol. The van der Waals surface area contributed by atoms with Crippen molar-refractivity contribution < 1.29 is 39.1 Å². The van der Waals surface area contributed by atoms with Crippen LogP contribution in [0, 0.1) is 13.8 Å². The summed E-state index contributed by atoms with van der Waals surface area (Å²) in [5.74, 6) is -0.142. The van der Waals surface area contributed by atoms with Gasteiger partial charge in [0.2, 0.25) is 11.5 Å². The lowest BCUT2D eigenvalue weighted by atomic mass is 10.1. The Balaban J connectivity index is 1.92. The largest absolute Gasteiger partial charge is 0.515 e. The SMILES string of the molecule is CCC(=Cc1oc2ccc(C)c(CC)c2[n+]1S(=O)(=O)O)C=C1Oc2ccc(C)cc2N1S(=O)(=O)O. The normalized spacial score (nSPS) is 15.7. The second kappa shape index (κ2) is 8.79. The number of allylic oxidation sites excluding steroid dienone is 2. The van der Waals surface area contributed by atoms with E-state index in [4.69, 9.17) is 9.15 Å². The minimum absolute atomic E-state index is 0.147. The van der Waals surface area contributed by atoms with Crippen molar-refractivity contribution in [2.24, 2.45) is 0 Å². The molecule has 186 valence electrons. The van der Waals surface area contributed by atoms with Gasteiger partial charge in [0.1, 0.15) is 5.69 Å². The van der Waals surface area contributed by atoms with Crippen molar-refractivity contribution >= 4 is 43.5 Å². The van der Waals surface area contributed by atoms with Gasteiger partial charge in [-0.05, 0) is 65.6 Å². The van der Waals surface area contributed by atoms with Gasteiger partial charge in [-0.1, -0.05) is 26.0 Å². The molecule has 1 aliphatic heterocycles. The fourth-order valence-electron chi connectivity index (χ4n) is 4.08. The highest BCUT2D eigenvalue weighted by molar-refractivity contribution is 7.87. The molecule has 35 heavy (non-hydrogen) atoms. The molecule has 10 nitrogen and oxygen atoms in total. The van der Waals surface area contributed by atoms with Gasteiger partial charge in [0, 0.05) is 11.6 Å². The molecule has 4 rings (SSSR count). The molecule has 0 fully saturated rings. The zero-order valence-corrected chi connectivity index (χ0v) is 21.1. The molecule has 0 saturated carbocycles. The van der Waals surface area contributed by atoms with Crippen LogP contribution in [-0.4, -0.2) is 25.9 Å². The quantitative estimate of drug-likeness (QED) is 0.368. The molecule has 0 radical (unpaired) electrons. The van der Waals surface area contributed by atoms with Crippen LogP contribution in [0.2, 0.25) is 0 Å². The fraction of sp³-hybridized carbons (Fsp3) is 0.261. The Morgan fingerprint density at radius 1 is 1.09 bits per heavy atom. The van der Waals surface area contributed by atoms with Gasteiger partial charge in [-0.2, -0.15) is 12.7 Å². The van der Waals surface area contributed by atoms with Crippen LogP contribution in [0.1, 0.15) is 42.8 Å². The van der Waals surface area contributed by atoms with Gasteiger partial charge in [-0.3, -0.25) is 4.55 Å². The lowest BCUT2D eigenvalue weighted by Gasteiger charge is -2.14. The minimum Gasteiger partial charge on any atom is -0.437 e. The van der Waals surface area contributed by atoms with Crippen LogP contribution in [0.25, 0.3) is 17.2 Å². The van der Waals surface area contributed by atoms with E-state index in [2.05, 4.69) is 0 Å². The molecule has 3 aromatic rings. The number of fused-ring (bicyclic) bond motifs is 2. The monoisotopic (exact) mass is 521 g/mol. The summed E-state index contributed by atoms with van der Waals surface area (Å²) in [6.45, 7) is 7.22. The Labute approximate surface area is 203 Å². The Morgan fingerprint density at radius 3 is 2.40 bits per heavy atom. The van der Waals surface area contributed by atoms with E-state index in [-0.39, 0.29) is 34.3 Å². The molecular formula is C23H25N2O8S2+. The molecule has 0 bridgehead atoms. The van der Waals surface area contributed by atoms with E-state index in [9.17, 15) is 25.9 Å². The first-order valence-electron chi connectivity index (χ1n) is 10.8. The van der Waals surface area contributed by atoms with Gasteiger partial charge in [-0.15, -0.1) is 8.42 Å². The van der Waals surface area contributed by atoms with Crippen LogP contribution < -0.4 is 13.0 Å². The second-order valence-corrected chi connectivity index (χ2v) is 10.6. The first kappa shape index (κ1) is 24.9. The van der Waals surface area contributed by atoms with Crippen molar-refractivity contribution in [3.63, 3.8) is 0 Å². The van der Waals surface area contributed by atoms with Crippen LogP contribution in [0.5, 0.6) is 5.75 Å². The van der Waals surface area contributed by atoms with E-state index in [1.54, 1.807) is 44.2 Å². The fourth-order valence-corrected chi connectivity index (χ4v) is 5.54. The third-order valence-electron chi connectivity index (χ3n) is 5.69. The number of aryl methyl sites for hydroxylation is 3. The number of aromatic nitrogens is 1. The minimum atomic E-state index is -4.75. The molecule has 0 atom stereocenters. The summed E-state index contributed by atoms with van der Waals surface area (Å²) < 4.78 is 81.7. The van der Waals surface area contributed by atoms with Gasteiger partial charge in [-0.25, -0.2) is 4.55 Å². The molecular weight excluding hydrogens is 496 g/mol. The predicted octanol–water partition coefficient (Wildman–Crippen LogP) is 3.89. The van der Waals surface area contributed by atoms with Crippen LogP contribution in [-0.2, 0) is 27.0 Å². The molecule has 1 aliphatic rings.